The summed E-state index contributed by atoms with van der Waals surface area (Å²) in [4.78, 5) is 35.1. The minimum atomic E-state index is -0.0771. The van der Waals surface area contributed by atoms with Crippen molar-refractivity contribution in [2.45, 2.75) is 39.5 Å². The number of aromatic nitrogens is 2. The fourth-order valence-electron chi connectivity index (χ4n) is 4.07. The van der Waals surface area contributed by atoms with Gasteiger partial charge in [-0.1, -0.05) is 6.92 Å². The molecule has 0 saturated carbocycles. The highest BCUT2D eigenvalue weighted by molar-refractivity contribution is 5.92. The van der Waals surface area contributed by atoms with Crippen LogP contribution in [0.3, 0.4) is 0 Å². The number of carbonyl (C=O) groups excluding carboxylic acids is 2. The van der Waals surface area contributed by atoms with Crippen LogP contribution in [0, 0.1) is 18.8 Å². The summed E-state index contributed by atoms with van der Waals surface area (Å²) in [5, 5.41) is 3.68. The van der Waals surface area contributed by atoms with Crippen molar-refractivity contribution in [3.05, 3.63) is 30.2 Å². The molecule has 144 valence electrons. The second kappa shape index (κ2) is 8.46. The molecule has 1 N–H and O–H groups in total. The van der Waals surface area contributed by atoms with Crippen molar-refractivity contribution in [3.63, 3.8) is 0 Å². The molecular formula is C21H28N4O2. The maximum Gasteiger partial charge on any atom is 0.220 e. The maximum atomic E-state index is 12.3. The highest BCUT2D eigenvalue weighted by Crippen LogP contribution is 2.32. The van der Waals surface area contributed by atoms with E-state index in [1.165, 1.54) is 0 Å². The van der Waals surface area contributed by atoms with Gasteiger partial charge >= 0.3 is 0 Å². The van der Waals surface area contributed by atoms with Gasteiger partial charge in [-0.15, -0.1) is 0 Å². The monoisotopic (exact) mass is 368 g/mol. The van der Waals surface area contributed by atoms with Crippen molar-refractivity contribution in [3.8, 4) is 0 Å². The number of nitrogens with zero attached hydrogens (tertiary/aromatic N) is 3. The molecule has 0 radical (unpaired) electrons. The number of ketones is 1. The zero-order valence-corrected chi connectivity index (χ0v) is 16.4. The summed E-state index contributed by atoms with van der Waals surface area (Å²) in [6.45, 7) is 6.00. The summed E-state index contributed by atoms with van der Waals surface area (Å²) >= 11 is 0. The minimum Gasteiger partial charge on any atom is -0.369 e. The normalized spacial score (nSPS) is 19.9. The first-order valence-corrected chi connectivity index (χ1v) is 9.65. The van der Waals surface area contributed by atoms with Gasteiger partial charge in [0.05, 0.1) is 23.1 Å². The lowest BCUT2D eigenvalue weighted by Gasteiger charge is -2.38. The average molecular weight is 368 g/mol. The molecule has 1 aliphatic rings. The first-order chi connectivity index (χ1) is 13.0. The summed E-state index contributed by atoms with van der Waals surface area (Å²) in [5.41, 5.74) is 2.96. The molecule has 3 rings (SSSR count). The Bertz CT molecular complexity index is 836. The fraction of sp³-hybridized carbons (Fsp3) is 0.524. The number of piperidine rings is 1. The van der Waals surface area contributed by atoms with E-state index >= 15 is 0 Å². The fourth-order valence-corrected chi connectivity index (χ4v) is 4.07. The van der Waals surface area contributed by atoms with Gasteiger partial charge in [0.2, 0.25) is 5.91 Å². The van der Waals surface area contributed by atoms with E-state index in [-0.39, 0.29) is 18.1 Å². The third-order valence-corrected chi connectivity index (χ3v) is 5.32. The highest BCUT2D eigenvalue weighted by Gasteiger charge is 2.28. The van der Waals surface area contributed by atoms with Crippen molar-refractivity contribution < 1.29 is 9.59 Å². The topological polar surface area (TPSA) is 75.2 Å². The number of fused-ring (bicyclic) bond motifs is 1. The molecule has 2 aromatic heterocycles. The number of carbonyl (C=O) groups is 2. The lowest BCUT2D eigenvalue weighted by molar-refractivity contribution is -0.125. The molecule has 3 heterocycles. The number of hydrogen-bond acceptors (Lipinski definition) is 5. The third-order valence-electron chi connectivity index (χ3n) is 5.32. The molecule has 1 amide bonds. The minimum absolute atomic E-state index is 0.0771. The average Bonchev–Trinajstić information content (AvgIpc) is 2.66. The number of anilines is 1. The third kappa shape index (κ3) is 4.62. The number of hydrogen-bond donors (Lipinski definition) is 1. The first-order valence-electron chi connectivity index (χ1n) is 9.65. The largest absolute Gasteiger partial charge is 0.369 e. The van der Waals surface area contributed by atoms with E-state index < -0.39 is 0 Å². The van der Waals surface area contributed by atoms with Gasteiger partial charge in [0.1, 0.15) is 5.78 Å². The quantitative estimate of drug-likeness (QED) is 0.848. The van der Waals surface area contributed by atoms with E-state index in [0.29, 0.717) is 24.7 Å². The predicted octanol–water partition coefficient (Wildman–Crippen LogP) is 2.89. The van der Waals surface area contributed by atoms with E-state index in [1.54, 1.807) is 13.2 Å². The Hall–Kier alpha value is -2.50. The SMILES string of the molecule is CNC(=O)CCC(=O)C[C@@H]1C[C@H](C)CN(c2cnc(C)c3ncccc23)C1. The van der Waals surface area contributed by atoms with Crippen LogP contribution in [-0.4, -0.2) is 41.8 Å². The molecule has 0 unspecified atom stereocenters. The standard InChI is InChI=1S/C21H28N4O2/c1-14-9-16(10-17(26)6-7-20(27)22-3)13-25(12-14)19-11-24-15(2)21-18(19)5-4-8-23-21/h4-5,8,11,14,16H,6-7,9-10,12-13H2,1-3H3,(H,22,27)/t14-,16-/m0/s1. The van der Waals surface area contributed by atoms with Crippen molar-refractivity contribution >= 4 is 28.3 Å². The summed E-state index contributed by atoms with van der Waals surface area (Å²) in [6.07, 6.45) is 5.91. The number of rotatable bonds is 6. The van der Waals surface area contributed by atoms with Gasteiger partial charge in [-0.3, -0.25) is 19.6 Å². The van der Waals surface area contributed by atoms with E-state index in [1.807, 2.05) is 19.2 Å². The Kier molecular flexibility index (Phi) is 6.04. The van der Waals surface area contributed by atoms with E-state index in [4.69, 9.17) is 0 Å². The lowest BCUT2D eigenvalue weighted by atomic mass is 9.86. The lowest BCUT2D eigenvalue weighted by Crippen LogP contribution is -2.40. The van der Waals surface area contributed by atoms with Crippen LogP contribution in [0.25, 0.3) is 10.9 Å². The van der Waals surface area contributed by atoms with Gasteiger partial charge in [-0.2, -0.15) is 0 Å². The molecule has 0 spiro atoms. The maximum absolute atomic E-state index is 12.3. The van der Waals surface area contributed by atoms with Crippen molar-refractivity contribution in [1.29, 1.82) is 0 Å². The smallest absolute Gasteiger partial charge is 0.220 e. The van der Waals surface area contributed by atoms with Gasteiger partial charge < -0.3 is 10.2 Å². The molecule has 0 aliphatic carbocycles. The van der Waals surface area contributed by atoms with Crippen LogP contribution in [0.5, 0.6) is 0 Å². The van der Waals surface area contributed by atoms with E-state index in [2.05, 4.69) is 33.2 Å². The summed E-state index contributed by atoms with van der Waals surface area (Å²) < 4.78 is 0. The summed E-state index contributed by atoms with van der Waals surface area (Å²) in [6, 6.07) is 4.05. The van der Waals surface area contributed by atoms with Crippen LogP contribution < -0.4 is 10.2 Å². The zero-order valence-electron chi connectivity index (χ0n) is 16.4. The molecule has 0 aromatic carbocycles. The van der Waals surface area contributed by atoms with E-state index in [0.717, 1.165) is 41.8 Å². The molecule has 2 aromatic rings. The van der Waals surface area contributed by atoms with Crippen LogP contribution in [0.4, 0.5) is 5.69 Å². The van der Waals surface area contributed by atoms with Gasteiger partial charge in [0.15, 0.2) is 0 Å². The van der Waals surface area contributed by atoms with Gasteiger partial charge in [-0.25, -0.2) is 0 Å². The van der Waals surface area contributed by atoms with Crippen LogP contribution in [0.15, 0.2) is 24.5 Å². The second-order valence-electron chi connectivity index (χ2n) is 7.66. The van der Waals surface area contributed by atoms with Gasteiger partial charge in [0, 0.05) is 51.0 Å². The van der Waals surface area contributed by atoms with Gasteiger partial charge in [0.25, 0.3) is 0 Å². The predicted molar refractivity (Wildman–Crippen MR) is 107 cm³/mol. The summed E-state index contributed by atoms with van der Waals surface area (Å²) in [7, 11) is 1.60. The van der Waals surface area contributed by atoms with Crippen LogP contribution >= 0.6 is 0 Å². The Labute approximate surface area is 160 Å². The highest BCUT2D eigenvalue weighted by atomic mass is 16.2. The van der Waals surface area contributed by atoms with Crippen LogP contribution in [0.2, 0.25) is 0 Å². The Morgan fingerprint density at radius 2 is 2.07 bits per heavy atom. The van der Waals surface area contributed by atoms with Crippen LogP contribution in [0.1, 0.15) is 38.3 Å². The van der Waals surface area contributed by atoms with Crippen molar-refractivity contribution in [2.75, 3.05) is 25.0 Å². The van der Waals surface area contributed by atoms with Crippen molar-refractivity contribution in [1.82, 2.24) is 15.3 Å². The molecule has 1 aliphatic heterocycles. The molecule has 1 fully saturated rings. The summed E-state index contributed by atoms with van der Waals surface area (Å²) in [5.74, 6) is 0.903. The van der Waals surface area contributed by atoms with E-state index in [9.17, 15) is 9.59 Å². The molecule has 27 heavy (non-hydrogen) atoms. The van der Waals surface area contributed by atoms with Crippen molar-refractivity contribution in [2.24, 2.45) is 11.8 Å². The Morgan fingerprint density at radius 3 is 2.85 bits per heavy atom. The second-order valence-corrected chi connectivity index (χ2v) is 7.66. The Morgan fingerprint density at radius 1 is 1.26 bits per heavy atom. The molecule has 1 saturated heterocycles. The Balaban J connectivity index is 1.73. The molecule has 2 atom stereocenters. The molecule has 6 nitrogen and oxygen atoms in total. The number of pyridine rings is 2. The van der Waals surface area contributed by atoms with Crippen LogP contribution in [-0.2, 0) is 9.59 Å². The molecule has 6 heteroatoms. The first kappa shape index (κ1) is 19.3. The number of Topliss-reactive ketones (excluding diaryl/α,β-unsaturated/α-hetero) is 1. The number of amides is 1. The number of aryl methyl sites for hydroxylation is 1. The molecular weight excluding hydrogens is 340 g/mol. The zero-order chi connectivity index (χ0) is 19.4. The number of nitrogens with one attached hydrogen (secondary N) is 1. The molecule has 0 bridgehead atoms. The van der Waals surface area contributed by atoms with Gasteiger partial charge in [-0.05, 0) is 37.3 Å².